The maximum Gasteiger partial charge on any atom is 0.263 e. The van der Waals surface area contributed by atoms with Gasteiger partial charge >= 0.3 is 0 Å². The fraction of sp³-hybridized carbons (Fsp3) is 0.290. The highest BCUT2D eigenvalue weighted by molar-refractivity contribution is 7.92. The topological polar surface area (TPSA) is 176 Å². The Bertz CT molecular complexity index is 1920. The number of hydrogen-bond acceptors (Lipinski definition) is 12. The molecule has 3 heterocycles. The van der Waals surface area contributed by atoms with Crippen molar-refractivity contribution >= 4 is 15.8 Å². The molecule has 0 atom stereocenters. The predicted molar refractivity (Wildman–Crippen MR) is 169 cm³/mol. The molecule has 0 saturated carbocycles. The molecule has 0 unspecified atom stereocenters. The Morgan fingerprint density at radius 3 is 2.41 bits per heavy atom. The number of ether oxygens (including phenoxy) is 3. The second-order valence-corrected chi connectivity index (χ2v) is 12.7. The van der Waals surface area contributed by atoms with Crippen LogP contribution in [0.2, 0.25) is 0 Å². The van der Waals surface area contributed by atoms with Gasteiger partial charge in [0.1, 0.15) is 12.3 Å². The van der Waals surface area contributed by atoms with E-state index in [9.17, 15) is 13.5 Å². The predicted octanol–water partition coefficient (Wildman–Crippen LogP) is 4.48. The number of nitrogens with one attached hydrogen (secondary N) is 1. The number of anilines is 1. The van der Waals surface area contributed by atoms with Gasteiger partial charge < -0.3 is 19.3 Å². The van der Waals surface area contributed by atoms with E-state index in [1.807, 2.05) is 27.7 Å². The van der Waals surface area contributed by atoms with Crippen LogP contribution in [0.3, 0.4) is 0 Å². The highest BCUT2D eigenvalue weighted by atomic mass is 32.2. The van der Waals surface area contributed by atoms with Gasteiger partial charge in [-0.25, -0.2) is 18.1 Å². The summed E-state index contributed by atoms with van der Waals surface area (Å²) in [6.07, 6.45) is 1.54. The first-order valence-corrected chi connectivity index (χ1v) is 15.8. The molecule has 46 heavy (non-hydrogen) atoms. The summed E-state index contributed by atoms with van der Waals surface area (Å²) in [5, 5.41) is 21.4. The summed E-state index contributed by atoms with van der Waals surface area (Å²) in [7, 11) is -2.72. The van der Waals surface area contributed by atoms with Gasteiger partial charge in [-0.15, -0.1) is 5.10 Å². The average molecular weight is 647 g/mol. The van der Waals surface area contributed by atoms with Gasteiger partial charge in [-0.1, -0.05) is 45.0 Å². The van der Waals surface area contributed by atoms with Crippen LogP contribution >= 0.6 is 0 Å². The van der Waals surface area contributed by atoms with Crippen molar-refractivity contribution in [2.24, 2.45) is 0 Å². The van der Waals surface area contributed by atoms with Gasteiger partial charge in [0.05, 0.1) is 18.6 Å². The molecule has 0 radical (unpaired) electrons. The Hall–Kier alpha value is -5.15. The highest BCUT2D eigenvalue weighted by Crippen LogP contribution is 2.42. The molecule has 0 fully saturated rings. The third-order valence-electron chi connectivity index (χ3n) is 6.79. The van der Waals surface area contributed by atoms with Crippen molar-refractivity contribution < 1.29 is 27.7 Å². The normalized spacial score (nSPS) is 11.7. The Morgan fingerprint density at radius 1 is 1.00 bits per heavy atom. The summed E-state index contributed by atoms with van der Waals surface area (Å²) in [6, 6.07) is 16.7. The van der Waals surface area contributed by atoms with Crippen molar-refractivity contribution in [3.8, 4) is 46.0 Å². The molecule has 240 valence electrons. The average Bonchev–Trinajstić information content (AvgIpc) is 3.54. The number of aliphatic hydroxyl groups is 1. The number of aromatic nitrogens is 7. The number of benzene rings is 2. The largest absolute Gasteiger partial charge is 0.493 e. The van der Waals surface area contributed by atoms with Gasteiger partial charge in [-0.3, -0.25) is 9.71 Å². The van der Waals surface area contributed by atoms with E-state index in [2.05, 4.69) is 35.2 Å². The Labute approximate surface area is 266 Å². The molecule has 0 aliphatic carbocycles. The van der Waals surface area contributed by atoms with E-state index in [4.69, 9.17) is 14.2 Å². The summed E-state index contributed by atoms with van der Waals surface area (Å²) in [5.74, 6) is 0.669. The van der Waals surface area contributed by atoms with Gasteiger partial charge in [0, 0.05) is 18.3 Å². The maximum absolute atomic E-state index is 13.8. The summed E-state index contributed by atoms with van der Waals surface area (Å²) in [5.41, 5.74) is 1.71. The molecule has 0 saturated heterocycles. The zero-order chi connectivity index (χ0) is 32.9. The summed E-state index contributed by atoms with van der Waals surface area (Å²) >= 11 is 0. The van der Waals surface area contributed by atoms with Crippen molar-refractivity contribution in [2.75, 3.05) is 25.0 Å². The quantitative estimate of drug-likeness (QED) is 0.195. The maximum atomic E-state index is 13.8. The van der Waals surface area contributed by atoms with Crippen molar-refractivity contribution in [3.63, 3.8) is 0 Å². The van der Waals surface area contributed by atoms with Crippen LogP contribution in [0.1, 0.15) is 33.3 Å². The van der Waals surface area contributed by atoms with Crippen LogP contribution in [0.15, 0.2) is 71.8 Å². The number of rotatable bonds is 12. The van der Waals surface area contributed by atoms with Crippen LogP contribution in [-0.4, -0.2) is 69.0 Å². The van der Waals surface area contributed by atoms with E-state index >= 15 is 0 Å². The van der Waals surface area contributed by atoms with Gasteiger partial charge in [0.25, 0.3) is 15.9 Å². The lowest BCUT2D eigenvalue weighted by molar-refractivity contribution is 0.192. The minimum Gasteiger partial charge on any atom is -0.493 e. The molecule has 14 nitrogen and oxygen atoms in total. The molecule has 2 aromatic carbocycles. The van der Waals surface area contributed by atoms with Crippen molar-refractivity contribution in [3.05, 3.63) is 72.4 Å². The molecule has 3 aromatic heterocycles. The minimum absolute atomic E-state index is 0.0133. The number of pyridine rings is 1. The molecular formula is C31H34N8O6S. The smallest absolute Gasteiger partial charge is 0.263 e. The van der Waals surface area contributed by atoms with E-state index in [0.29, 0.717) is 29.4 Å². The van der Waals surface area contributed by atoms with Gasteiger partial charge in [-0.2, -0.15) is 4.98 Å². The van der Waals surface area contributed by atoms with Crippen LogP contribution in [0, 0.1) is 0 Å². The fourth-order valence-electron chi connectivity index (χ4n) is 4.39. The summed E-state index contributed by atoms with van der Waals surface area (Å²) in [4.78, 5) is 13.6. The second-order valence-electron chi connectivity index (χ2n) is 11.0. The Balaban J connectivity index is 1.66. The number of sulfonamides is 1. The number of hydrogen-bond donors (Lipinski definition) is 2. The molecule has 5 rings (SSSR count). The van der Waals surface area contributed by atoms with Crippen LogP contribution in [0.25, 0.3) is 22.9 Å². The van der Waals surface area contributed by atoms with Crippen LogP contribution < -0.4 is 18.9 Å². The standard InChI is InChI=1S/C31H34N8O6S/c1-6-39-29(35-37-38-39)23-19-20(15-16-32-23)27-33-28(36-46(41,42)22-13-11-21(12-14-22)31(2,3)4)26(30(34-27)44-18-17-40)45-25-10-8-7-9-24(25)43-5/h7-16,19,40H,6,17-18H2,1-5H3,(H,33,34,36). The Morgan fingerprint density at radius 2 is 1.74 bits per heavy atom. The number of para-hydroxylation sites is 2. The third kappa shape index (κ3) is 7.05. The summed E-state index contributed by atoms with van der Waals surface area (Å²) < 4.78 is 49.1. The zero-order valence-corrected chi connectivity index (χ0v) is 26.8. The molecule has 0 aliphatic heterocycles. The van der Waals surface area contributed by atoms with Crippen LogP contribution in [-0.2, 0) is 22.0 Å². The summed E-state index contributed by atoms with van der Waals surface area (Å²) in [6.45, 7) is 8.04. The molecule has 0 aliphatic rings. The van der Waals surface area contributed by atoms with Gasteiger partial charge in [0.15, 0.2) is 23.1 Å². The lowest BCUT2D eigenvalue weighted by Crippen LogP contribution is -2.17. The van der Waals surface area contributed by atoms with Crippen LogP contribution in [0.4, 0.5) is 5.82 Å². The monoisotopic (exact) mass is 646 g/mol. The molecule has 0 amide bonds. The van der Waals surface area contributed by atoms with Crippen molar-refractivity contribution in [2.45, 2.75) is 44.6 Å². The number of nitrogens with zero attached hydrogens (tertiary/aromatic N) is 7. The minimum atomic E-state index is -4.19. The lowest BCUT2D eigenvalue weighted by atomic mass is 9.87. The molecule has 2 N–H and O–H groups in total. The van der Waals surface area contributed by atoms with E-state index in [-0.39, 0.29) is 52.5 Å². The van der Waals surface area contributed by atoms with Crippen molar-refractivity contribution in [1.29, 1.82) is 0 Å². The molecule has 0 spiro atoms. The number of tetrazole rings is 1. The fourth-order valence-corrected chi connectivity index (χ4v) is 5.39. The van der Waals surface area contributed by atoms with Crippen LogP contribution in [0.5, 0.6) is 23.1 Å². The number of aryl methyl sites for hydroxylation is 1. The van der Waals surface area contributed by atoms with Gasteiger partial charge in [0.2, 0.25) is 11.6 Å². The van der Waals surface area contributed by atoms with E-state index in [0.717, 1.165) is 5.56 Å². The second kappa shape index (κ2) is 13.5. The lowest BCUT2D eigenvalue weighted by Gasteiger charge is -2.20. The van der Waals surface area contributed by atoms with E-state index in [1.165, 1.54) is 25.4 Å². The van der Waals surface area contributed by atoms with E-state index in [1.54, 1.807) is 53.2 Å². The Kier molecular flexibility index (Phi) is 9.44. The first-order valence-electron chi connectivity index (χ1n) is 14.4. The van der Waals surface area contributed by atoms with E-state index < -0.39 is 10.0 Å². The highest BCUT2D eigenvalue weighted by Gasteiger charge is 2.26. The van der Waals surface area contributed by atoms with Crippen molar-refractivity contribution in [1.82, 2.24) is 35.2 Å². The first-order chi connectivity index (χ1) is 22.0. The molecule has 0 bridgehead atoms. The SMILES string of the molecule is CCn1nnnc1-c1cc(-c2nc(NS(=O)(=O)c3ccc(C(C)(C)C)cc3)c(Oc3ccccc3OC)c(OCCO)n2)ccn1. The molecular weight excluding hydrogens is 612 g/mol. The molecule has 15 heteroatoms. The first kappa shape index (κ1) is 32.2. The number of aliphatic hydroxyl groups excluding tert-OH is 1. The van der Waals surface area contributed by atoms with Gasteiger partial charge in [-0.05, 0) is 64.7 Å². The third-order valence-corrected chi connectivity index (χ3v) is 8.14. The number of methoxy groups -OCH3 is 1. The molecule has 5 aromatic rings. The zero-order valence-electron chi connectivity index (χ0n) is 26.0.